The van der Waals surface area contributed by atoms with Crippen molar-refractivity contribution in [1.29, 1.82) is 0 Å². The van der Waals surface area contributed by atoms with Crippen molar-refractivity contribution in [2.45, 2.75) is 59.7 Å². The Balaban J connectivity index is 2.44. The average molecular weight is 332 g/mol. The fraction of sp³-hybridized carbons (Fsp3) is 0.600. The molecule has 0 heterocycles. The number of carbonyl (C=O) groups is 2. The van der Waals surface area contributed by atoms with E-state index in [0.717, 1.165) is 23.1 Å². The van der Waals surface area contributed by atoms with Crippen LogP contribution in [0.25, 0.3) is 0 Å². The Morgan fingerprint density at radius 3 is 2.58 bits per heavy atom. The first kappa shape index (κ1) is 18.7. The molecular formula is C20H28O4. The van der Waals surface area contributed by atoms with Crippen LogP contribution in [0.3, 0.4) is 0 Å². The molecule has 1 N–H and O–H groups in total. The van der Waals surface area contributed by atoms with Gasteiger partial charge in [-0.25, -0.2) is 4.79 Å². The molecule has 2 aliphatic rings. The molecule has 0 unspecified atom stereocenters. The third-order valence-corrected chi connectivity index (χ3v) is 5.69. The first-order valence-corrected chi connectivity index (χ1v) is 8.51. The Hall–Kier alpha value is -1.68. The van der Waals surface area contributed by atoms with E-state index in [4.69, 9.17) is 4.74 Å². The lowest BCUT2D eigenvalue weighted by atomic mass is 9.62. The van der Waals surface area contributed by atoms with E-state index in [1.165, 1.54) is 12.2 Å². The minimum Gasteiger partial charge on any atom is -0.458 e. The van der Waals surface area contributed by atoms with Crippen LogP contribution in [0.15, 0.2) is 35.5 Å². The van der Waals surface area contributed by atoms with Gasteiger partial charge in [-0.3, -0.25) is 4.79 Å². The van der Waals surface area contributed by atoms with Gasteiger partial charge in [0.1, 0.15) is 12.2 Å². The summed E-state index contributed by atoms with van der Waals surface area (Å²) in [6.45, 7) is 13.5. The summed E-state index contributed by atoms with van der Waals surface area (Å²) in [7, 11) is 0. The molecule has 1 spiro atoms. The minimum absolute atomic E-state index is 0.209. The van der Waals surface area contributed by atoms with Crippen molar-refractivity contribution >= 4 is 11.8 Å². The second-order valence-corrected chi connectivity index (χ2v) is 7.63. The van der Waals surface area contributed by atoms with Gasteiger partial charge in [-0.05, 0) is 52.5 Å². The van der Waals surface area contributed by atoms with Crippen LogP contribution in [0.5, 0.6) is 0 Å². The maximum Gasteiger partial charge on any atom is 0.330 e. The highest BCUT2D eigenvalue weighted by Gasteiger charge is 2.57. The minimum atomic E-state index is -1.05. The van der Waals surface area contributed by atoms with Crippen LogP contribution in [0, 0.1) is 17.3 Å². The van der Waals surface area contributed by atoms with E-state index in [9.17, 15) is 14.7 Å². The molecule has 2 aliphatic carbocycles. The van der Waals surface area contributed by atoms with Crippen molar-refractivity contribution < 1.29 is 19.4 Å². The van der Waals surface area contributed by atoms with Gasteiger partial charge in [0.15, 0.2) is 5.78 Å². The number of hydrogen-bond acceptors (Lipinski definition) is 4. The first-order valence-electron chi connectivity index (χ1n) is 8.51. The second-order valence-electron chi connectivity index (χ2n) is 7.63. The van der Waals surface area contributed by atoms with E-state index in [2.05, 4.69) is 6.58 Å². The largest absolute Gasteiger partial charge is 0.458 e. The zero-order valence-electron chi connectivity index (χ0n) is 15.3. The van der Waals surface area contributed by atoms with Crippen molar-refractivity contribution in [2.75, 3.05) is 0 Å². The van der Waals surface area contributed by atoms with E-state index in [-0.39, 0.29) is 29.7 Å². The summed E-state index contributed by atoms with van der Waals surface area (Å²) in [5, 5.41) is 10.3. The van der Waals surface area contributed by atoms with Gasteiger partial charge in [0, 0.05) is 17.4 Å². The topological polar surface area (TPSA) is 63.6 Å². The third kappa shape index (κ3) is 3.12. The molecule has 0 saturated heterocycles. The summed E-state index contributed by atoms with van der Waals surface area (Å²) in [5.41, 5.74) is 2.30. The highest BCUT2D eigenvalue weighted by atomic mass is 16.5. The number of aliphatic hydroxyl groups excluding tert-OH is 1. The normalized spacial score (nSPS) is 35.6. The zero-order valence-corrected chi connectivity index (χ0v) is 15.3. The standard InChI is InChI=1S/C20H28O4/c1-11(2)7-18(22)24-17-9-15(12(3)4)10-20(17)13(5)8-16(21)19(23)14(20)6/h7-8,14-15,17,19,23H,3,9-10H2,1-2,4-6H3/t14-,15-,17-,19-,20-/m1/s1. The maximum atomic E-state index is 12.2. The summed E-state index contributed by atoms with van der Waals surface area (Å²) in [4.78, 5) is 24.2. The third-order valence-electron chi connectivity index (χ3n) is 5.69. The van der Waals surface area contributed by atoms with Crippen molar-refractivity contribution in [2.24, 2.45) is 17.3 Å². The molecule has 0 radical (unpaired) electrons. The van der Waals surface area contributed by atoms with Gasteiger partial charge in [0.05, 0.1) is 0 Å². The molecule has 5 atom stereocenters. The molecule has 0 bridgehead atoms. The smallest absolute Gasteiger partial charge is 0.330 e. The van der Waals surface area contributed by atoms with Crippen molar-refractivity contribution in [3.8, 4) is 0 Å². The number of ether oxygens (including phenoxy) is 1. The Morgan fingerprint density at radius 2 is 2.04 bits per heavy atom. The van der Waals surface area contributed by atoms with E-state index < -0.39 is 11.5 Å². The zero-order chi connectivity index (χ0) is 18.2. The van der Waals surface area contributed by atoms with Crippen LogP contribution in [0.4, 0.5) is 0 Å². The van der Waals surface area contributed by atoms with Gasteiger partial charge >= 0.3 is 5.97 Å². The fourth-order valence-corrected chi connectivity index (χ4v) is 4.24. The molecule has 1 saturated carbocycles. The lowest BCUT2D eigenvalue weighted by molar-refractivity contribution is -0.152. The Kier molecular flexibility index (Phi) is 5.19. The highest BCUT2D eigenvalue weighted by Crippen LogP contribution is 2.57. The van der Waals surface area contributed by atoms with Crippen molar-refractivity contribution in [3.63, 3.8) is 0 Å². The number of allylic oxidation sites excluding steroid dienone is 2. The molecular weight excluding hydrogens is 304 g/mol. The molecule has 0 amide bonds. The average Bonchev–Trinajstić information content (AvgIpc) is 2.83. The van der Waals surface area contributed by atoms with Gasteiger partial charge in [-0.2, -0.15) is 0 Å². The van der Waals surface area contributed by atoms with Crippen LogP contribution in [-0.2, 0) is 14.3 Å². The molecule has 4 nitrogen and oxygen atoms in total. The number of aliphatic hydroxyl groups is 1. The van der Waals surface area contributed by atoms with E-state index in [1.54, 1.807) is 0 Å². The summed E-state index contributed by atoms with van der Waals surface area (Å²) >= 11 is 0. The van der Waals surface area contributed by atoms with E-state index >= 15 is 0 Å². The molecule has 1 fully saturated rings. The molecule has 0 aromatic carbocycles. The van der Waals surface area contributed by atoms with Crippen LogP contribution in [0.1, 0.15) is 47.5 Å². The van der Waals surface area contributed by atoms with Crippen LogP contribution >= 0.6 is 0 Å². The highest BCUT2D eigenvalue weighted by molar-refractivity contribution is 5.95. The van der Waals surface area contributed by atoms with E-state index in [1.807, 2.05) is 34.6 Å². The monoisotopic (exact) mass is 332 g/mol. The van der Waals surface area contributed by atoms with Crippen molar-refractivity contribution in [3.05, 3.63) is 35.5 Å². The van der Waals surface area contributed by atoms with Crippen LogP contribution in [-0.4, -0.2) is 29.1 Å². The molecule has 0 aliphatic heterocycles. The molecule has 2 rings (SSSR count). The summed E-state index contributed by atoms with van der Waals surface area (Å²) in [6.07, 6.45) is 3.00. The molecule has 0 aromatic rings. The molecule has 0 aromatic heterocycles. The molecule has 24 heavy (non-hydrogen) atoms. The fourth-order valence-electron chi connectivity index (χ4n) is 4.24. The first-order chi connectivity index (χ1) is 11.1. The van der Waals surface area contributed by atoms with Crippen molar-refractivity contribution in [1.82, 2.24) is 0 Å². The Labute approximate surface area is 144 Å². The summed E-state index contributed by atoms with van der Waals surface area (Å²) in [6, 6.07) is 0. The maximum absolute atomic E-state index is 12.2. The molecule has 4 heteroatoms. The summed E-state index contributed by atoms with van der Waals surface area (Å²) in [5.74, 6) is -0.725. The van der Waals surface area contributed by atoms with Gasteiger partial charge in [-0.15, -0.1) is 0 Å². The number of carbonyl (C=O) groups excluding carboxylic acids is 2. The van der Waals surface area contributed by atoms with Gasteiger partial charge in [0.25, 0.3) is 0 Å². The quantitative estimate of drug-likeness (QED) is 0.489. The SMILES string of the molecule is C=C(C)[C@@H]1C[C@@H](OC(=O)C=C(C)C)[C@]2(C1)C(C)=CC(=O)[C@H](O)[C@H]2C. The van der Waals surface area contributed by atoms with Gasteiger partial charge < -0.3 is 9.84 Å². The lowest BCUT2D eigenvalue weighted by Crippen LogP contribution is -2.50. The lowest BCUT2D eigenvalue weighted by Gasteiger charge is -2.45. The predicted octanol–water partition coefficient (Wildman–Crippen LogP) is 3.36. The van der Waals surface area contributed by atoms with Gasteiger partial charge in [0.2, 0.25) is 0 Å². The summed E-state index contributed by atoms with van der Waals surface area (Å²) < 4.78 is 5.80. The Bertz CT molecular complexity index is 624. The van der Waals surface area contributed by atoms with Gasteiger partial charge in [-0.1, -0.05) is 30.2 Å². The second kappa shape index (κ2) is 6.67. The van der Waals surface area contributed by atoms with E-state index in [0.29, 0.717) is 6.42 Å². The number of hydrogen-bond donors (Lipinski definition) is 1. The predicted molar refractivity (Wildman–Crippen MR) is 93.2 cm³/mol. The number of rotatable bonds is 3. The van der Waals surface area contributed by atoms with Crippen LogP contribution in [0.2, 0.25) is 0 Å². The van der Waals surface area contributed by atoms with Crippen LogP contribution < -0.4 is 0 Å². The number of ketones is 1. The number of esters is 1. The Morgan fingerprint density at radius 1 is 1.42 bits per heavy atom. The molecule has 132 valence electrons.